The Hall–Kier alpha value is -2.17. The van der Waals surface area contributed by atoms with E-state index in [0.29, 0.717) is 12.6 Å². The third-order valence-electron chi connectivity index (χ3n) is 5.06. The molecule has 0 radical (unpaired) electrons. The van der Waals surface area contributed by atoms with Crippen LogP contribution >= 0.6 is 24.0 Å². The topological polar surface area (TPSA) is 75.9 Å². The molecule has 2 heterocycles. The van der Waals surface area contributed by atoms with E-state index < -0.39 is 0 Å². The smallest absolute Gasteiger partial charge is 0.191 e. The average molecular weight is 528 g/mol. The standard InChI is InChI=1S/C21H32N6O2.HI/c1-5-22-21(23-13-16-14-24-26(2)15-16)25-17-6-8-27(9-7-17)18-10-19(28-3)12-20(11-18)29-4;/h10-12,14-15,17H,5-9,13H2,1-4H3,(H2,22,23,25);1H. The zero-order valence-electron chi connectivity index (χ0n) is 18.2. The maximum atomic E-state index is 5.40. The molecular weight excluding hydrogens is 495 g/mol. The fourth-order valence-electron chi connectivity index (χ4n) is 3.49. The van der Waals surface area contributed by atoms with Gasteiger partial charge in [0.15, 0.2) is 5.96 Å². The second kappa shape index (κ2) is 11.9. The van der Waals surface area contributed by atoms with Gasteiger partial charge in [0.25, 0.3) is 0 Å². The maximum absolute atomic E-state index is 5.40. The summed E-state index contributed by atoms with van der Waals surface area (Å²) >= 11 is 0. The molecule has 1 aromatic heterocycles. The first-order valence-electron chi connectivity index (χ1n) is 10.1. The van der Waals surface area contributed by atoms with Crippen molar-refractivity contribution in [2.45, 2.75) is 32.4 Å². The second-order valence-electron chi connectivity index (χ2n) is 7.19. The minimum atomic E-state index is 0. The van der Waals surface area contributed by atoms with Gasteiger partial charge in [-0.2, -0.15) is 5.10 Å². The highest BCUT2D eigenvalue weighted by molar-refractivity contribution is 14.0. The van der Waals surface area contributed by atoms with Crippen LogP contribution in [0.1, 0.15) is 25.3 Å². The number of nitrogens with one attached hydrogen (secondary N) is 2. The number of guanidine groups is 1. The maximum Gasteiger partial charge on any atom is 0.191 e. The molecular formula is C21H33IN6O2. The van der Waals surface area contributed by atoms with Gasteiger partial charge in [0.2, 0.25) is 0 Å². The van der Waals surface area contributed by atoms with Crippen molar-refractivity contribution in [1.82, 2.24) is 20.4 Å². The fraction of sp³-hybridized carbons (Fsp3) is 0.524. The van der Waals surface area contributed by atoms with Gasteiger partial charge in [-0.25, -0.2) is 4.99 Å². The number of hydrogen-bond donors (Lipinski definition) is 2. The lowest BCUT2D eigenvalue weighted by atomic mass is 10.0. The van der Waals surface area contributed by atoms with E-state index in [0.717, 1.165) is 61.2 Å². The highest BCUT2D eigenvalue weighted by Crippen LogP contribution is 2.30. The molecule has 30 heavy (non-hydrogen) atoms. The third-order valence-corrected chi connectivity index (χ3v) is 5.06. The van der Waals surface area contributed by atoms with Crippen LogP contribution in [0, 0.1) is 0 Å². The molecule has 1 aliphatic rings. The predicted octanol–water partition coefficient (Wildman–Crippen LogP) is 2.78. The molecule has 1 fully saturated rings. The zero-order chi connectivity index (χ0) is 20.6. The molecule has 0 unspecified atom stereocenters. The number of piperidine rings is 1. The molecule has 0 spiro atoms. The number of aliphatic imine (C=N–C) groups is 1. The highest BCUT2D eigenvalue weighted by Gasteiger charge is 2.21. The first-order chi connectivity index (χ1) is 14.1. The van der Waals surface area contributed by atoms with E-state index in [2.05, 4.69) is 39.7 Å². The molecule has 2 N–H and O–H groups in total. The van der Waals surface area contributed by atoms with Gasteiger partial charge in [-0.3, -0.25) is 4.68 Å². The van der Waals surface area contributed by atoms with E-state index in [9.17, 15) is 0 Å². The number of aryl methyl sites for hydroxylation is 1. The van der Waals surface area contributed by atoms with Gasteiger partial charge in [-0.1, -0.05) is 0 Å². The first kappa shape index (κ1) is 24.1. The Morgan fingerprint density at radius 3 is 2.37 bits per heavy atom. The highest BCUT2D eigenvalue weighted by atomic mass is 127. The summed E-state index contributed by atoms with van der Waals surface area (Å²) in [5.74, 6) is 2.49. The number of methoxy groups -OCH3 is 2. The molecule has 9 heteroatoms. The summed E-state index contributed by atoms with van der Waals surface area (Å²) < 4.78 is 12.6. The molecule has 2 aromatic rings. The molecule has 1 saturated heterocycles. The van der Waals surface area contributed by atoms with Gasteiger partial charge >= 0.3 is 0 Å². The SMILES string of the molecule is CCNC(=NCc1cnn(C)c1)NC1CCN(c2cc(OC)cc(OC)c2)CC1.I. The Kier molecular flexibility index (Phi) is 9.54. The van der Waals surface area contributed by atoms with Crippen LogP contribution in [0.3, 0.4) is 0 Å². The van der Waals surface area contributed by atoms with Crippen LogP contribution in [-0.2, 0) is 13.6 Å². The molecule has 166 valence electrons. The van der Waals surface area contributed by atoms with E-state index in [1.165, 1.54) is 0 Å². The van der Waals surface area contributed by atoms with E-state index >= 15 is 0 Å². The summed E-state index contributed by atoms with van der Waals surface area (Å²) in [5.41, 5.74) is 2.24. The van der Waals surface area contributed by atoms with Gasteiger partial charge in [0, 0.05) is 68.4 Å². The van der Waals surface area contributed by atoms with Gasteiger partial charge in [-0.05, 0) is 19.8 Å². The van der Waals surface area contributed by atoms with Crippen molar-refractivity contribution in [3.05, 3.63) is 36.2 Å². The van der Waals surface area contributed by atoms with Crippen molar-refractivity contribution in [3.63, 3.8) is 0 Å². The molecule has 0 saturated carbocycles. The lowest BCUT2D eigenvalue weighted by Gasteiger charge is -2.34. The van der Waals surface area contributed by atoms with Crippen molar-refractivity contribution in [2.24, 2.45) is 12.0 Å². The zero-order valence-corrected chi connectivity index (χ0v) is 20.6. The summed E-state index contributed by atoms with van der Waals surface area (Å²) in [7, 11) is 5.28. The summed E-state index contributed by atoms with van der Waals surface area (Å²) in [6.07, 6.45) is 5.93. The summed E-state index contributed by atoms with van der Waals surface area (Å²) in [6.45, 7) is 5.47. The van der Waals surface area contributed by atoms with Gasteiger partial charge in [0.05, 0.1) is 27.0 Å². The van der Waals surface area contributed by atoms with Crippen molar-refractivity contribution in [1.29, 1.82) is 0 Å². The van der Waals surface area contributed by atoms with Crippen LogP contribution in [0.5, 0.6) is 11.5 Å². The Balaban J connectivity index is 0.00000320. The van der Waals surface area contributed by atoms with Crippen LogP contribution < -0.4 is 25.0 Å². The summed E-state index contributed by atoms with van der Waals surface area (Å²) in [6, 6.07) is 6.43. The lowest BCUT2D eigenvalue weighted by molar-refractivity contribution is 0.393. The van der Waals surface area contributed by atoms with E-state index in [4.69, 9.17) is 14.5 Å². The number of benzene rings is 1. The van der Waals surface area contributed by atoms with Crippen LogP contribution in [0.4, 0.5) is 5.69 Å². The Bertz CT molecular complexity index is 795. The Morgan fingerprint density at radius 1 is 1.17 bits per heavy atom. The Labute approximate surface area is 196 Å². The van der Waals surface area contributed by atoms with E-state index in [1.54, 1.807) is 18.9 Å². The van der Waals surface area contributed by atoms with Crippen molar-refractivity contribution in [2.75, 3.05) is 38.8 Å². The number of aromatic nitrogens is 2. The minimum absolute atomic E-state index is 0. The number of nitrogens with zero attached hydrogens (tertiary/aromatic N) is 4. The normalized spacial score (nSPS) is 14.8. The number of rotatable bonds is 7. The van der Waals surface area contributed by atoms with E-state index in [-0.39, 0.29) is 24.0 Å². The fourth-order valence-corrected chi connectivity index (χ4v) is 3.49. The van der Waals surface area contributed by atoms with Crippen molar-refractivity contribution in [3.8, 4) is 11.5 Å². The molecule has 0 aliphatic carbocycles. The summed E-state index contributed by atoms with van der Waals surface area (Å²) in [5, 5.41) is 11.1. The minimum Gasteiger partial charge on any atom is -0.497 e. The second-order valence-corrected chi connectivity index (χ2v) is 7.19. The van der Waals surface area contributed by atoms with Crippen molar-refractivity contribution < 1.29 is 9.47 Å². The van der Waals surface area contributed by atoms with E-state index in [1.807, 2.05) is 25.5 Å². The van der Waals surface area contributed by atoms with Gasteiger partial charge < -0.3 is 25.0 Å². The average Bonchev–Trinajstić information content (AvgIpc) is 3.17. The van der Waals surface area contributed by atoms with Gasteiger partial charge in [-0.15, -0.1) is 24.0 Å². The molecule has 1 aromatic carbocycles. The summed E-state index contributed by atoms with van der Waals surface area (Å²) in [4.78, 5) is 7.09. The van der Waals surface area contributed by atoms with Crippen LogP contribution in [0.25, 0.3) is 0 Å². The van der Waals surface area contributed by atoms with Crippen LogP contribution in [-0.4, -0.2) is 55.6 Å². The Morgan fingerprint density at radius 2 is 1.83 bits per heavy atom. The molecule has 1 aliphatic heterocycles. The van der Waals surface area contributed by atoms with Gasteiger partial charge in [0.1, 0.15) is 11.5 Å². The molecule has 3 rings (SSSR count). The molecule has 8 nitrogen and oxygen atoms in total. The van der Waals surface area contributed by atoms with Crippen molar-refractivity contribution >= 4 is 35.6 Å². The lowest BCUT2D eigenvalue weighted by Crippen LogP contribution is -2.48. The van der Waals surface area contributed by atoms with Crippen LogP contribution in [0.15, 0.2) is 35.6 Å². The largest absolute Gasteiger partial charge is 0.497 e. The molecule has 0 atom stereocenters. The molecule has 0 bridgehead atoms. The van der Waals surface area contributed by atoms with Crippen LogP contribution in [0.2, 0.25) is 0 Å². The number of halogens is 1. The monoisotopic (exact) mass is 528 g/mol. The molecule has 0 amide bonds. The number of anilines is 1. The first-order valence-corrected chi connectivity index (χ1v) is 10.1. The number of hydrogen-bond acceptors (Lipinski definition) is 5. The third kappa shape index (κ3) is 6.68. The number of ether oxygens (including phenoxy) is 2. The predicted molar refractivity (Wildman–Crippen MR) is 131 cm³/mol. The quantitative estimate of drug-likeness (QED) is 0.327.